The van der Waals surface area contributed by atoms with E-state index in [1.54, 1.807) is 0 Å². The van der Waals surface area contributed by atoms with E-state index in [-0.39, 0.29) is 19.6 Å². The summed E-state index contributed by atoms with van der Waals surface area (Å²) in [5, 5.41) is 17.6. The van der Waals surface area contributed by atoms with E-state index in [4.69, 9.17) is 10.2 Å². The van der Waals surface area contributed by atoms with E-state index in [1.165, 1.54) is 0 Å². The number of likely N-dealkylation sites (tertiary alicyclic amines) is 1. The molecule has 8 heteroatoms. The van der Waals surface area contributed by atoms with E-state index in [2.05, 4.69) is 4.18 Å². The number of nitrogens with zero attached hydrogens (tertiary/aromatic N) is 1. The number of carboxylic acid groups (broad SMARTS) is 1. The maximum atomic E-state index is 10.8. The van der Waals surface area contributed by atoms with Crippen molar-refractivity contribution in [2.24, 2.45) is 0 Å². The fraction of sp³-hybridized carbons (Fsp3) is 0.857. The van der Waals surface area contributed by atoms with Gasteiger partial charge in [-0.25, -0.2) is 4.79 Å². The van der Waals surface area contributed by atoms with Gasteiger partial charge in [0.25, 0.3) is 10.1 Å². The predicted molar refractivity (Wildman–Crippen MR) is 49.9 cm³/mol. The van der Waals surface area contributed by atoms with Crippen molar-refractivity contribution in [3.05, 3.63) is 0 Å². The van der Waals surface area contributed by atoms with E-state index >= 15 is 0 Å². The largest absolute Gasteiger partial charge is 0.465 e. The van der Waals surface area contributed by atoms with E-state index in [9.17, 15) is 13.2 Å². The molecule has 7 nitrogen and oxygen atoms in total. The van der Waals surface area contributed by atoms with Crippen molar-refractivity contribution < 1.29 is 27.6 Å². The van der Waals surface area contributed by atoms with Gasteiger partial charge < -0.3 is 15.1 Å². The molecule has 1 rings (SSSR count). The number of aliphatic hydroxyl groups is 1. The topological polar surface area (TPSA) is 104 Å². The molecular formula is C7H13NO6S. The minimum atomic E-state index is -3.59. The van der Waals surface area contributed by atoms with Crippen LogP contribution in [0.5, 0.6) is 0 Å². The molecule has 0 radical (unpaired) electrons. The van der Waals surface area contributed by atoms with Gasteiger partial charge in [0.15, 0.2) is 0 Å². The molecule has 0 bridgehead atoms. The van der Waals surface area contributed by atoms with Crippen molar-refractivity contribution in [2.45, 2.75) is 18.6 Å². The molecule has 0 unspecified atom stereocenters. The van der Waals surface area contributed by atoms with Crippen LogP contribution in [0.1, 0.15) is 6.42 Å². The van der Waals surface area contributed by atoms with Crippen molar-refractivity contribution in [3.8, 4) is 0 Å². The van der Waals surface area contributed by atoms with Gasteiger partial charge in [0.05, 0.1) is 31.6 Å². The lowest BCUT2D eigenvalue weighted by molar-refractivity contribution is 0.116. The van der Waals surface area contributed by atoms with Crippen LogP contribution in [0.4, 0.5) is 4.79 Å². The first-order valence-corrected chi connectivity index (χ1v) is 6.14. The molecule has 1 aliphatic heterocycles. The number of hydrogen-bond donors (Lipinski definition) is 2. The Bertz CT molecular complexity index is 339. The van der Waals surface area contributed by atoms with Gasteiger partial charge in [0, 0.05) is 0 Å². The van der Waals surface area contributed by atoms with Crippen LogP contribution in [-0.2, 0) is 14.3 Å². The summed E-state index contributed by atoms with van der Waals surface area (Å²) >= 11 is 0. The van der Waals surface area contributed by atoms with Gasteiger partial charge in [0.2, 0.25) is 0 Å². The fourth-order valence-corrected chi connectivity index (χ4v) is 2.23. The lowest BCUT2D eigenvalue weighted by Gasteiger charge is -2.18. The zero-order valence-corrected chi connectivity index (χ0v) is 8.98. The van der Waals surface area contributed by atoms with Crippen LogP contribution in [0.3, 0.4) is 0 Å². The first-order valence-electron chi connectivity index (χ1n) is 4.32. The van der Waals surface area contributed by atoms with Gasteiger partial charge in [-0.15, -0.1) is 0 Å². The third-order valence-electron chi connectivity index (χ3n) is 2.14. The second-order valence-corrected chi connectivity index (χ2v) is 5.03. The van der Waals surface area contributed by atoms with E-state index in [0.29, 0.717) is 0 Å². The maximum absolute atomic E-state index is 10.8. The third-order valence-corrected chi connectivity index (χ3v) is 2.77. The van der Waals surface area contributed by atoms with Gasteiger partial charge in [-0.05, 0) is 6.42 Å². The molecule has 1 heterocycles. The quantitative estimate of drug-likeness (QED) is 0.617. The third kappa shape index (κ3) is 3.33. The Morgan fingerprint density at radius 3 is 2.53 bits per heavy atom. The fourth-order valence-electron chi connectivity index (χ4n) is 1.60. The van der Waals surface area contributed by atoms with Crippen molar-refractivity contribution in [1.82, 2.24) is 4.90 Å². The zero-order valence-electron chi connectivity index (χ0n) is 8.16. The highest BCUT2D eigenvalue weighted by Crippen LogP contribution is 2.21. The molecule has 1 saturated heterocycles. The number of carbonyl (C=O) groups is 1. The van der Waals surface area contributed by atoms with Crippen LogP contribution in [0.25, 0.3) is 0 Å². The number of hydrogen-bond acceptors (Lipinski definition) is 5. The molecule has 15 heavy (non-hydrogen) atoms. The van der Waals surface area contributed by atoms with Gasteiger partial charge in [0.1, 0.15) is 0 Å². The molecule has 1 aliphatic rings. The SMILES string of the molecule is CS(=O)(=O)O[C@@H]1C[C@@H](CO)N(C(=O)O)C1. The van der Waals surface area contributed by atoms with Crippen molar-refractivity contribution in [2.75, 3.05) is 19.4 Å². The van der Waals surface area contributed by atoms with Gasteiger partial charge >= 0.3 is 6.09 Å². The molecule has 1 fully saturated rings. The average molecular weight is 239 g/mol. The molecule has 0 aliphatic carbocycles. The van der Waals surface area contributed by atoms with E-state index in [1.807, 2.05) is 0 Å². The van der Waals surface area contributed by atoms with Crippen LogP contribution < -0.4 is 0 Å². The lowest BCUT2D eigenvalue weighted by atomic mass is 10.2. The number of aliphatic hydroxyl groups excluding tert-OH is 1. The normalized spacial score (nSPS) is 26.9. The summed E-state index contributed by atoms with van der Waals surface area (Å²) in [5.74, 6) is 0. The van der Waals surface area contributed by atoms with Gasteiger partial charge in [-0.1, -0.05) is 0 Å². The van der Waals surface area contributed by atoms with Crippen LogP contribution in [-0.4, -0.2) is 61.2 Å². The summed E-state index contributed by atoms with van der Waals surface area (Å²) in [7, 11) is -3.59. The highest BCUT2D eigenvalue weighted by Gasteiger charge is 2.36. The Balaban J connectivity index is 2.65. The number of rotatable bonds is 3. The molecule has 0 saturated carbocycles. The highest BCUT2D eigenvalue weighted by atomic mass is 32.2. The molecule has 0 spiro atoms. The molecule has 2 atom stereocenters. The molecule has 88 valence electrons. The summed E-state index contributed by atoms with van der Waals surface area (Å²) < 4.78 is 26.3. The Kier molecular flexibility index (Phi) is 3.53. The van der Waals surface area contributed by atoms with E-state index < -0.39 is 28.4 Å². The summed E-state index contributed by atoms with van der Waals surface area (Å²) in [6.45, 7) is -0.371. The molecule has 0 aromatic carbocycles. The Morgan fingerprint density at radius 2 is 2.20 bits per heavy atom. The van der Waals surface area contributed by atoms with Crippen LogP contribution in [0, 0.1) is 0 Å². The highest BCUT2D eigenvalue weighted by molar-refractivity contribution is 7.86. The first kappa shape index (κ1) is 12.2. The summed E-state index contributed by atoms with van der Waals surface area (Å²) in [4.78, 5) is 11.7. The van der Waals surface area contributed by atoms with Gasteiger partial charge in [-0.3, -0.25) is 4.18 Å². The van der Waals surface area contributed by atoms with E-state index in [0.717, 1.165) is 11.2 Å². The number of amides is 1. The standard InChI is InChI=1S/C7H13NO6S/c1-15(12,13)14-6-2-5(4-9)8(3-6)7(10)11/h5-6,9H,2-4H2,1H3,(H,10,11)/t5-,6+/m0/s1. The summed E-state index contributed by atoms with van der Waals surface area (Å²) in [6, 6.07) is -0.589. The minimum absolute atomic E-state index is 0.0341. The average Bonchev–Trinajstić information content (AvgIpc) is 2.44. The molecule has 1 amide bonds. The monoisotopic (exact) mass is 239 g/mol. The Morgan fingerprint density at radius 1 is 1.60 bits per heavy atom. The van der Waals surface area contributed by atoms with Crippen molar-refractivity contribution in [3.63, 3.8) is 0 Å². The van der Waals surface area contributed by atoms with Crippen LogP contribution >= 0.6 is 0 Å². The predicted octanol–water partition coefficient (Wildman–Crippen LogP) is -0.924. The second kappa shape index (κ2) is 4.33. The van der Waals surface area contributed by atoms with Gasteiger partial charge in [-0.2, -0.15) is 8.42 Å². The molecule has 0 aromatic heterocycles. The first-order chi connectivity index (χ1) is 6.83. The lowest BCUT2D eigenvalue weighted by Crippen LogP contribution is -2.36. The Hall–Kier alpha value is -0.860. The van der Waals surface area contributed by atoms with Crippen LogP contribution in [0.2, 0.25) is 0 Å². The van der Waals surface area contributed by atoms with Crippen LogP contribution in [0.15, 0.2) is 0 Å². The summed E-state index contributed by atoms with van der Waals surface area (Å²) in [6.07, 6.45) is -0.790. The second-order valence-electron chi connectivity index (χ2n) is 3.43. The molecule has 2 N–H and O–H groups in total. The smallest absolute Gasteiger partial charge is 0.407 e. The van der Waals surface area contributed by atoms with Crippen molar-refractivity contribution >= 4 is 16.2 Å². The van der Waals surface area contributed by atoms with Crippen molar-refractivity contribution in [1.29, 1.82) is 0 Å². The minimum Gasteiger partial charge on any atom is -0.465 e. The molecular weight excluding hydrogens is 226 g/mol. The molecule has 0 aromatic rings. The summed E-state index contributed by atoms with van der Waals surface area (Å²) in [5.41, 5.74) is 0. The maximum Gasteiger partial charge on any atom is 0.407 e. The Labute approximate surface area is 87.4 Å². The zero-order chi connectivity index (χ0) is 11.6.